The Bertz CT molecular complexity index is 2600. The van der Waals surface area contributed by atoms with Gasteiger partial charge in [0.1, 0.15) is 44.8 Å². The van der Waals surface area contributed by atoms with Gasteiger partial charge in [0.2, 0.25) is 0 Å². The van der Waals surface area contributed by atoms with Gasteiger partial charge < -0.3 is 32.4 Å². The summed E-state index contributed by atoms with van der Waals surface area (Å²) in [7, 11) is -9.03. The molecule has 0 atom stereocenters. The SMILES string of the molecule is Cc1ccc(S(=O)(=O)Oc2cc(OCc3ccccc3)c(C(=O)N3Cc4cccc(OCC5CN(C(=O)OC(C)(C)C)C5)c4C3)c(OS(=O)(=O)c3ccc(C)cc3)c2)cc1. The molecule has 0 aromatic heterocycles. The molecular formula is C45H46N2O11S2. The highest BCUT2D eigenvalue weighted by atomic mass is 32.2. The van der Waals surface area contributed by atoms with E-state index in [9.17, 15) is 26.4 Å². The average Bonchev–Trinajstić information content (AvgIpc) is 3.61. The molecule has 1 saturated heterocycles. The quantitative estimate of drug-likeness (QED) is 0.107. The third-order valence-corrected chi connectivity index (χ3v) is 12.3. The molecule has 15 heteroatoms. The van der Waals surface area contributed by atoms with Crippen molar-refractivity contribution in [3.05, 3.63) is 143 Å². The zero-order chi connectivity index (χ0) is 42.8. The molecule has 60 heavy (non-hydrogen) atoms. The van der Waals surface area contributed by atoms with E-state index in [4.69, 9.17) is 22.6 Å². The molecule has 314 valence electrons. The summed E-state index contributed by atoms with van der Waals surface area (Å²) < 4.78 is 84.0. The summed E-state index contributed by atoms with van der Waals surface area (Å²) in [6.07, 6.45) is -0.372. The number of aryl methyl sites for hydroxylation is 2. The van der Waals surface area contributed by atoms with Gasteiger partial charge in [-0.05, 0) is 76.1 Å². The Hall–Kier alpha value is -6.06. The maximum Gasteiger partial charge on any atom is 0.410 e. The van der Waals surface area contributed by atoms with Crippen molar-refractivity contribution >= 4 is 32.2 Å². The van der Waals surface area contributed by atoms with Crippen molar-refractivity contribution in [3.8, 4) is 23.0 Å². The number of rotatable bonds is 13. The van der Waals surface area contributed by atoms with Gasteiger partial charge in [-0.15, -0.1) is 0 Å². The van der Waals surface area contributed by atoms with Crippen LogP contribution in [0.5, 0.6) is 23.0 Å². The van der Waals surface area contributed by atoms with Gasteiger partial charge in [-0.3, -0.25) is 4.79 Å². The van der Waals surface area contributed by atoms with Crippen molar-refractivity contribution in [2.24, 2.45) is 5.92 Å². The molecule has 0 bridgehead atoms. The molecule has 5 aromatic carbocycles. The van der Waals surface area contributed by atoms with Crippen LogP contribution >= 0.6 is 0 Å². The molecule has 0 saturated carbocycles. The molecule has 2 amide bonds. The highest BCUT2D eigenvalue weighted by Crippen LogP contribution is 2.41. The molecule has 13 nitrogen and oxygen atoms in total. The summed E-state index contributed by atoms with van der Waals surface area (Å²) >= 11 is 0. The Morgan fingerprint density at radius 2 is 1.27 bits per heavy atom. The normalized spacial score (nSPS) is 14.2. The molecule has 2 aliphatic rings. The first kappa shape index (κ1) is 42.1. The van der Waals surface area contributed by atoms with E-state index in [-0.39, 0.29) is 58.6 Å². The fourth-order valence-corrected chi connectivity index (χ4v) is 8.53. The third kappa shape index (κ3) is 9.86. The van der Waals surface area contributed by atoms with Crippen LogP contribution in [-0.2, 0) is 44.7 Å². The second kappa shape index (κ2) is 16.9. The van der Waals surface area contributed by atoms with E-state index in [1.54, 1.807) is 48.2 Å². The smallest absolute Gasteiger partial charge is 0.410 e. The molecule has 7 rings (SSSR count). The van der Waals surface area contributed by atoms with E-state index in [2.05, 4.69) is 0 Å². The zero-order valence-corrected chi connectivity index (χ0v) is 35.5. The predicted molar refractivity (Wildman–Crippen MR) is 222 cm³/mol. The second-order valence-corrected chi connectivity index (χ2v) is 19.0. The zero-order valence-electron chi connectivity index (χ0n) is 33.9. The van der Waals surface area contributed by atoms with E-state index >= 15 is 0 Å². The maximum atomic E-state index is 14.8. The highest BCUT2D eigenvalue weighted by Gasteiger charge is 2.36. The van der Waals surface area contributed by atoms with Crippen molar-refractivity contribution in [1.29, 1.82) is 0 Å². The largest absolute Gasteiger partial charge is 0.493 e. The van der Waals surface area contributed by atoms with E-state index in [0.717, 1.165) is 33.9 Å². The summed E-state index contributed by atoms with van der Waals surface area (Å²) in [6, 6.07) is 28.9. The number of nitrogens with zero attached hydrogens (tertiary/aromatic N) is 2. The minimum Gasteiger partial charge on any atom is -0.493 e. The van der Waals surface area contributed by atoms with Crippen LogP contribution in [0.2, 0.25) is 0 Å². The fraction of sp³-hybridized carbons (Fsp3) is 0.289. The van der Waals surface area contributed by atoms with E-state index in [1.165, 1.54) is 35.2 Å². The lowest BCUT2D eigenvalue weighted by atomic mass is 10.0. The van der Waals surface area contributed by atoms with Crippen LogP contribution in [0.15, 0.2) is 119 Å². The van der Waals surface area contributed by atoms with Crippen LogP contribution in [0.4, 0.5) is 4.79 Å². The van der Waals surface area contributed by atoms with Crippen LogP contribution in [0, 0.1) is 19.8 Å². The number of likely N-dealkylation sites (tertiary alicyclic amines) is 1. The van der Waals surface area contributed by atoms with Gasteiger partial charge in [-0.1, -0.05) is 77.9 Å². The summed E-state index contributed by atoms with van der Waals surface area (Å²) in [5.41, 5.74) is 3.09. The summed E-state index contributed by atoms with van der Waals surface area (Å²) in [5.74, 6) is -0.987. The van der Waals surface area contributed by atoms with Gasteiger partial charge in [-0.2, -0.15) is 16.8 Å². The first-order valence-electron chi connectivity index (χ1n) is 19.3. The lowest BCUT2D eigenvalue weighted by Crippen LogP contribution is -2.53. The van der Waals surface area contributed by atoms with Gasteiger partial charge in [0.05, 0.1) is 13.2 Å². The second-order valence-electron chi connectivity index (χ2n) is 15.9. The Morgan fingerprint density at radius 1 is 0.667 bits per heavy atom. The first-order valence-corrected chi connectivity index (χ1v) is 22.1. The van der Waals surface area contributed by atoms with Gasteiger partial charge >= 0.3 is 26.3 Å². The van der Waals surface area contributed by atoms with Crippen molar-refractivity contribution in [3.63, 3.8) is 0 Å². The molecule has 0 radical (unpaired) electrons. The minimum absolute atomic E-state index is 0.0653. The van der Waals surface area contributed by atoms with Crippen molar-refractivity contribution in [2.45, 2.75) is 69.7 Å². The van der Waals surface area contributed by atoms with Crippen LogP contribution in [0.3, 0.4) is 0 Å². The topological polar surface area (TPSA) is 155 Å². The first-order chi connectivity index (χ1) is 28.4. The number of benzene rings is 5. The number of amides is 2. The molecule has 0 spiro atoms. The Morgan fingerprint density at radius 3 is 1.88 bits per heavy atom. The van der Waals surface area contributed by atoms with Gasteiger partial charge in [0.15, 0.2) is 5.75 Å². The molecule has 5 aromatic rings. The standard InChI is InChI=1S/C45H46N2O11S2/c1-30-14-18-36(19-15-30)59(50,51)57-35-22-40(55-28-32-10-7-6-8-11-32)42(41(23-35)58-60(52,53)37-20-16-31(2)17-21-37)43(48)46-26-34-12-9-13-39(38(34)27-46)54-29-33-24-47(25-33)44(49)56-45(3,4)5/h6-23,33H,24-29H2,1-5H3. The van der Waals surface area contributed by atoms with Crippen LogP contribution in [0.1, 0.15) is 58.9 Å². The average molecular weight is 855 g/mol. The fourth-order valence-electron chi connectivity index (χ4n) is 6.68. The number of ether oxygens (including phenoxy) is 3. The van der Waals surface area contributed by atoms with Crippen molar-refractivity contribution in [1.82, 2.24) is 9.80 Å². The molecule has 2 heterocycles. The highest BCUT2D eigenvalue weighted by molar-refractivity contribution is 7.87. The molecule has 2 aliphatic heterocycles. The Labute approximate surface area is 350 Å². The van der Waals surface area contributed by atoms with E-state index < -0.39 is 37.5 Å². The summed E-state index contributed by atoms with van der Waals surface area (Å²) in [6.45, 7) is 10.6. The lowest BCUT2D eigenvalue weighted by molar-refractivity contribution is -0.00788. The van der Waals surface area contributed by atoms with Gasteiger partial charge in [-0.25, -0.2) is 4.79 Å². The number of carbonyl (C=O) groups excluding carboxylic acids is 2. The maximum absolute atomic E-state index is 14.8. The van der Waals surface area contributed by atoms with Gasteiger partial charge in [0.25, 0.3) is 5.91 Å². The summed E-state index contributed by atoms with van der Waals surface area (Å²) in [5, 5.41) is 0. The monoisotopic (exact) mass is 854 g/mol. The third-order valence-electron chi connectivity index (χ3n) is 9.83. The molecule has 0 N–H and O–H groups in total. The summed E-state index contributed by atoms with van der Waals surface area (Å²) in [4.78, 5) is 30.1. The van der Waals surface area contributed by atoms with Crippen LogP contribution in [-0.4, -0.2) is 63.9 Å². The number of hydrogen-bond acceptors (Lipinski definition) is 11. The molecular weight excluding hydrogens is 809 g/mol. The molecule has 0 unspecified atom stereocenters. The van der Waals surface area contributed by atoms with Crippen LogP contribution in [0.25, 0.3) is 0 Å². The van der Waals surface area contributed by atoms with E-state index in [0.29, 0.717) is 25.4 Å². The van der Waals surface area contributed by atoms with Crippen molar-refractivity contribution in [2.75, 3.05) is 19.7 Å². The number of hydrogen-bond donors (Lipinski definition) is 0. The Balaban J connectivity index is 1.21. The van der Waals surface area contributed by atoms with Crippen LogP contribution < -0.4 is 17.8 Å². The number of carbonyl (C=O) groups is 2. The lowest BCUT2D eigenvalue weighted by Gasteiger charge is -2.39. The minimum atomic E-state index is -4.59. The number of fused-ring (bicyclic) bond motifs is 1. The Kier molecular flexibility index (Phi) is 11.8. The van der Waals surface area contributed by atoms with Gasteiger partial charge in [0, 0.05) is 43.2 Å². The molecule has 1 fully saturated rings. The molecule has 0 aliphatic carbocycles. The predicted octanol–water partition coefficient (Wildman–Crippen LogP) is 7.82. The van der Waals surface area contributed by atoms with Crippen molar-refractivity contribution < 1.29 is 49.0 Å². The van der Waals surface area contributed by atoms with E-state index in [1.807, 2.05) is 64.1 Å².